The van der Waals surface area contributed by atoms with Crippen LogP contribution in [0.5, 0.6) is 5.75 Å². The van der Waals surface area contributed by atoms with E-state index in [0.717, 1.165) is 23.3 Å². The van der Waals surface area contributed by atoms with E-state index >= 15 is 0 Å². The zero-order chi connectivity index (χ0) is 14.4. The Kier molecular flexibility index (Phi) is 4.33. The van der Waals surface area contributed by atoms with Gasteiger partial charge in [-0.25, -0.2) is 0 Å². The number of ether oxygens (including phenoxy) is 1. The van der Waals surface area contributed by atoms with Crippen molar-refractivity contribution in [1.82, 2.24) is 0 Å². The quantitative estimate of drug-likeness (QED) is 0.876. The van der Waals surface area contributed by atoms with E-state index < -0.39 is 0 Å². The second kappa shape index (κ2) is 6.09. The van der Waals surface area contributed by atoms with Crippen LogP contribution in [-0.4, -0.2) is 19.1 Å². The molecular weight excluding hydrogens is 300 g/mol. The molecule has 3 aliphatic carbocycles. The lowest BCUT2D eigenvalue weighted by molar-refractivity contribution is -0.118. The third-order valence-electron chi connectivity index (χ3n) is 5.55. The van der Waals surface area contributed by atoms with Gasteiger partial charge in [-0.1, -0.05) is 0 Å². The van der Waals surface area contributed by atoms with E-state index in [4.69, 9.17) is 10.5 Å². The molecule has 0 radical (unpaired) electrons. The van der Waals surface area contributed by atoms with Crippen LogP contribution in [0, 0.1) is 29.6 Å². The fourth-order valence-electron chi connectivity index (χ4n) is 4.71. The molecule has 3 saturated carbocycles. The number of nitrogens with one attached hydrogen (secondary N) is 1. The second-order valence-electron chi connectivity index (χ2n) is 6.66. The fraction of sp³-hybridized carbons (Fsp3) is 0.588. The van der Waals surface area contributed by atoms with Crippen molar-refractivity contribution in [3.05, 3.63) is 24.3 Å². The van der Waals surface area contributed by atoms with Crippen LogP contribution in [0.1, 0.15) is 19.3 Å². The predicted octanol–water partition coefficient (Wildman–Crippen LogP) is 2.68. The van der Waals surface area contributed by atoms with E-state index in [1.165, 1.54) is 19.3 Å². The minimum absolute atomic E-state index is 0. The Bertz CT molecular complexity index is 532. The monoisotopic (exact) mass is 322 g/mol. The topological polar surface area (TPSA) is 64.3 Å². The molecule has 3 fully saturated rings. The van der Waals surface area contributed by atoms with Gasteiger partial charge in [0.25, 0.3) is 0 Å². The fourth-order valence-corrected chi connectivity index (χ4v) is 4.71. The maximum absolute atomic E-state index is 12.4. The molecule has 3 aliphatic rings. The zero-order valence-electron chi connectivity index (χ0n) is 12.5. The number of amides is 1. The molecule has 22 heavy (non-hydrogen) atoms. The molecule has 0 aliphatic heterocycles. The highest BCUT2D eigenvalue weighted by Gasteiger charge is 2.67. The molecular formula is C17H23ClN2O2. The molecule has 1 aromatic carbocycles. The first-order valence-electron chi connectivity index (χ1n) is 8.01. The van der Waals surface area contributed by atoms with Gasteiger partial charge in [0.1, 0.15) is 12.4 Å². The first-order valence-corrected chi connectivity index (χ1v) is 8.01. The van der Waals surface area contributed by atoms with Crippen molar-refractivity contribution in [3.8, 4) is 5.75 Å². The maximum Gasteiger partial charge on any atom is 0.228 e. The van der Waals surface area contributed by atoms with Gasteiger partial charge in [0.15, 0.2) is 0 Å². The number of rotatable bonds is 5. The number of anilines is 1. The second-order valence-corrected chi connectivity index (χ2v) is 6.66. The first-order chi connectivity index (χ1) is 10.3. The Morgan fingerprint density at radius 2 is 1.82 bits per heavy atom. The van der Waals surface area contributed by atoms with Crippen molar-refractivity contribution in [2.45, 2.75) is 19.3 Å². The summed E-state index contributed by atoms with van der Waals surface area (Å²) < 4.78 is 5.43. The molecule has 4 rings (SSSR count). The summed E-state index contributed by atoms with van der Waals surface area (Å²) in [4.78, 5) is 12.4. The molecule has 0 saturated heterocycles. The highest BCUT2D eigenvalue weighted by atomic mass is 35.5. The normalized spacial score (nSPS) is 33.8. The summed E-state index contributed by atoms with van der Waals surface area (Å²) in [5.74, 6) is 4.35. The highest BCUT2D eigenvalue weighted by molar-refractivity contribution is 5.95. The summed E-state index contributed by atoms with van der Waals surface area (Å²) in [6.45, 7) is 1.02. The SMILES string of the molecule is Cl.NCCOc1ccc(NC(=O)C2C3C4CCC(C4)C23)cc1. The van der Waals surface area contributed by atoms with Crippen molar-refractivity contribution in [2.24, 2.45) is 35.3 Å². The summed E-state index contributed by atoms with van der Waals surface area (Å²) in [6.07, 6.45) is 4.08. The summed E-state index contributed by atoms with van der Waals surface area (Å²) in [6, 6.07) is 7.55. The number of carbonyl (C=O) groups is 1. The van der Waals surface area contributed by atoms with Gasteiger partial charge in [0.05, 0.1) is 0 Å². The highest BCUT2D eigenvalue weighted by Crippen LogP contribution is 2.69. The first kappa shape index (κ1) is 15.6. The molecule has 4 unspecified atom stereocenters. The smallest absolute Gasteiger partial charge is 0.228 e. The van der Waals surface area contributed by atoms with Crippen LogP contribution in [0.3, 0.4) is 0 Å². The van der Waals surface area contributed by atoms with Crippen LogP contribution in [0.15, 0.2) is 24.3 Å². The summed E-state index contributed by atoms with van der Waals surface area (Å²) >= 11 is 0. The Hall–Kier alpha value is -1.26. The lowest BCUT2D eigenvalue weighted by Crippen LogP contribution is -2.18. The van der Waals surface area contributed by atoms with E-state index in [1.807, 2.05) is 24.3 Å². The molecule has 0 heterocycles. The lowest BCUT2D eigenvalue weighted by atomic mass is 10.0. The van der Waals surface area contributed by atoms with Crippen LogP contribution in [0.4, 0.5) is 5.69 Å². The number of hydrogen-bond donors (Lipinski definition) is 2. The van der Waals surface area contributed by atoms with Crippen LogP contribution >= 0.6 is 12.4 Å². The number of benzene rings is 1. The number of halogens is 1. The third kappa shape index (κ3) is 2.59. The summed E-state index contributed by atoms with van der Waals surface area (Å²) in [7, 11) is 0. The number of nitrogens with two attached hydrogens (primary N) is 1. The molecule has 5 heteroatoms. The average Bonchev–Trinajstić information content (AvgIpc) is 2.95. The molecule has 4 atom stereocenters. The minimum Gasteiger partial charge on any atom is -0.492 e. The van der Waals surface area contributed by atoms with Crippen molar-refractivity contribution < 1.29 is 9.53 Å². The molecule has 3 N–H and O–H groups in total. The van der Waals surface area contributed by atoms with Gasteiger partial charge < -0.3 is 15.8 Å². The number of fused-ring (bicyclic) bond motifs is 5. The largest absolute Gasteiger partial charge is 0.492 e. The van der Waals surface area contributed by atoms with E-state index in [-0.39, 0.29) is 24.2 Å². The molecule has 1 aromatic rings. The number of hydrogen-bond acceptors (Lipinski definition) is 3. The maximum atomic E-state index is 12.4. The minimum atomic E-state index is 0. The third-order valence-corrected chi connectivity index (χ3v) is 5.55. The van der Waals surface area contributed by atoms with E-state index in [0.29, 0.717) is 25.0 Å². The van der Waals surface area contributed by atoms with Gasteiger partial charge in [0, 0.05) is 18.2 Å². The molecule has 0 aromatic heterocycles. The van der Waals surface area contributed by atoms with Crippen molar-refractivity contribution >= 4 is 24.0 Å². The Balaban J connectivity index is 0.00000144. The molecule has 2 bridgehead atoms. The van der Waals surface area contributed by atoms with Gasteiger partial charge in [-0.05, 0) is 67.2 Å². The van der Waals surface area contributed by atoms with Crippen LogP contribution in [-0.2, 0) is 4.79 Å². The molecule has 1 amide bonds. The number of carbonyl (C=O) groups excluding carboxylic acids is 1. The zero-order valence-corrected chi connectivity index (χ0v) is 13.4. The van der Waals surface area contributed by atoms with Crippen LogP contribution in [0.25, 0.3) is 0 Å². The Morgan fingerprint density at radius 1 is 1.18 bits per heavy atom. The molecule has 120 valence electrons. The van der Waals surface area contributed by atoms with Crippen LogP contribution in [0.2, 0.25) is 0 Å². The van der Waals surface area contributed by atoms with E-state index in [1.54, 1.807) is 0 Å². The van der Waals surface area contributed by atoms with Crippen LogP contribution < -0.4 is 15.8 Å². The van der Waals surface area contributed by atoms with Gasteiger partial charge >= 0.3 is 0 Å². The summed E-state index contributed by atoms with van der Waals surface area (Å²) in [5, 5.41) is 3.07. The lowest BCUT2D eigenvalue weighted by Gasteiger charge is -2.10. The van der Waals surface area contributed by atoms with Crippen molar-refractivity contribution in [1.29, 1.82) is 0 Å². The Morgan fingerprint density at radius 3 is 2.41 bits per heavy atom. The molecule has 0 spiro atoms. The predicted molar refractivity (Wildman–Crippen MR) is 88.2 cm³/mol. The standard InChI is InChI=1S/C17H22N2O2.ClH/c18-7-8-21-13-5-3-12(4-6-13)19-17(20)16-14-10-1-2-11(9-10)15(14)16;/h3-6,10-11,14-16H,1-2,7-9,18H2,(H,19,20);1H. The average molecular weight is 323 g/mol. The van der Waals surface area contributed by atoms with Crippen molar-refractivity contribution in [3.63, 3.8) is 0 Å². The Labute approximate surface area is 137 Å². The summed E-state index contributed by atoms with van der Waals surface area (Å²) in [5.41, 5.74) is 6.26. The van der Waals surface area contributed by atoms with Crippen molar-refractivity contribution in [2.75, 3.05) is 18.5 Å². The van der Waals surface area contributed by atoms with Gasteiger partial charge in [-0.3, -0.25) is 4.79 Å². The molecule has 4 nitrogen and oxygen atoms in total. The van der Waals surface area contributed by atoms with E-state index in [2.05, 4.69) is 5.32 Å². The van der Waals surface area contributed by atoms with Gasteiger partial charge in [-0.15, -0.1) is 12.4 Å². The van der Waals surface area contributed by atoms with Gasteiger partial charge in [0.2, 0.25) is 5.91 Å². The van der Waals surface area contributed by atoms with Gasteiger partial charge in [-0.2, -0.15) is 0 Å². The van der Waals surface area contributed by atoms with E-state index in [9.17, 15) is 4.79 Å².